The summed E-state index contributed by atoms with van der Waals surface area (Å²) < 4.78 is 12.9. The molecule has 0 amide bonds. The number of rotatable bonds is 1. The highest BCUT2D eigenvalue weighted by molar-refractivity contribution is 5.90. The van der Waals surface area contributed by atoms with E-state index in [1.165, 1.54) is 0 Å². The minimum atomic E-state index is -1.07. The molecule has 0 aromatic heterocycles. The van der Waals surface area contributed by atoms with Gasteiger partial charge in [-0.25, -0.2) is 0 Å². The highest BCUT2D eigenvalue weighted by Gasteiger charge is 2.61. The van der Waals surface area contributed by atoms with Crippen LogP contribution in [0, 0.1) is 17.3 Å². The van der Waals surface area contributed by atoms with E-state index in [0.717, 1.165) is 37.8 Å². The van der Waals surface area contributed by atoms with Crippen LogP contribution in [0.4, 0.5) is 0 Å². The molecule has 3 bridgehead atoms. The van der Waals surface area contributed by atoms with Gasteiger partial charge in [0.1, 0.15) is 12.2 Å². The number of aliphatic hydroxyl groups excluding tert-OH is 1. The maximum absolute atomic E-state index is 13.5. The molecule has 4 aliphatic heterocycles. The average Bonchev–Trinajstić information content (AvgIpc) is 3.31. The second-order valence-electron chi connectivity index (χ2n) is 9.76. The van der Waals surface area contributed by atoms with E-state index in [4.69, 9.17) is 9.47 Å². The first-order valence-electron chi connectivity index (χ1n) is 11.0. The molecule has 2 N–H and O–H groups in total. The standard InChI is InChI=1S/C23H31NO5/c1-3-14-4-6-22-8-9-24-21(22)17(26)12-23-7-5-18(28-23)13(2)10-16(25)19(27)20(29-23)15(22)11-14/h3,11,13,15-16,18,20-21,24-25H,1,4-10,12H2,2H3. The van der Waals surface area contributed by atoms with E-state index < -0.39 is 18.0 Å². The molecular weight excluding hydrogens is 370 g/mol. The largest absolute Gasteiger partial charge is 0.385 e. The van der Waals surface area contributed by atoms with Gasteiger partial charge in [-0.2, -0.15) is 0 Å². The highest BCUT2D eigenvalue weighted by Crippen LogP contribution is 2.54. The molecule has 4 saturated heterocycles. The van der Waals surface area contributed by atoms with E-state index in [2.05, 4.69) is 18.0 Å². The third-order valence-corrected chi connectivity index (χ3v) is 8.16. The van der Waals surface area contributed by atoms with Crippen molar-refractivity contribution in [2.45, 2.75) is 82.0 Å². The Morgan fingerprint density at radius 1 is 1.28 bits per heavy atom. The number of hydrogen-bond donors (Lipinski definition) is 2. The first-order chi connectivity index (χ1) is 13.9. The number of hydrogen-bond acceptors (Lipinski definition) is 6. The van der Waals surface area contributed by atoms with E-state index in [1.54, 1.807) is 0 Å². The fraction of sp³-hybridized carbons (Fsp3) is 0.739. The Labute approximate surface area is 171 Å². The van der Waals surface area contributed by atoms with Crippen LogP contribution in [-0.4, -0.2) is 53.4 Å². The summed E-state index contributed by atoms with van der Waals surface area (Å²) in [5.41, 5.74) is 0.723. The first-order valence-corrected chi connectivity index (χ1v) is 11.0. The normalized spacial score (nSPS) is 49.7. The summed E-state index contributed by atoms with van der Waals surface area (Å²) in [6.45, 7) is 6.68. The number of ketones is 2. The molecular formula is C23H31NO5. The molecule has 6 nitrogen and oxygen atoms in total. The van der Waals surface area contributed by atoms with E-state index >= 15 is 0 Å². The van der Waals surface area contributed by atoms with Gasteiger partial charge in [0.15, 0.2) is 17.4 Å². The van der Waals surface area contributed by atoms with Crippen molar-refractivity contribution in [3.8, 4) is 0 Å². The Bertz CT molecular complexity index is 777. The minimum absolute atomic E-state index is 0.0336. The van der Waals surface area contributed by atoms with Crippen molar-refractivity contribution >= 4 is 11.6 Å². The summed E-state index contributed by atoms with van der Waals surface area (Å²) in [5, 5.41) is 14.2. The molecule has 1 aliphatic carbocycles. The average molecular weight is 402 g/mol. The summed E-state index contributed by atoms with van der Waals surface area (Å²) >= 11 is 0. The van der Waals surface area contributed by atoms with Crippen LogP contribution in [0.15, 0.2) is 24.3 Å². The zero-order valence-electron chi connectivity index (χ0n) is 17.1. The zero-order chi connectivity index (χ0) is 20.4. The van der Waals surface area contributed by atoms with E-state index in [1.807, 2.05) is 13.0 Å². The summed E-state index contributed by atoms with van der Waals surface area (Å²) in [6, 6.07) is -0.302. The molecule has 0 aromatic rings. The molecule has 5 rings (SSSR count). The number of carbonyl (C=O) groups is 2. The van der Waals surface area contributed by atoms with Crippen LogP contribution < -0.4 is 5.32 Å². The van der Waals surface area contributed by atoms with Crippen LogP contribution in [0.2, 0.25) is 0 Å². The Morgan fingerprint density at radius 2 is 2.10 bits per heavy atom. The van der Waals surface area contributed by atoms with Crippen molar-refractivity contribution in [3.63, 3.8) is 0 Å². The van der Waals surface area contributed by atoms with Gasteiger partial charge in [-0.3, -0.25) is 9.59 Å². The number of nitrogens with one attached hydrogen (secondary N) is 1. The number of allylic oxidation sites excluding steroid dienone is 2. The highest BCUT2D eigenvalue weighted by atomic mass is 16.7. The van der Waals surface area contributed by atoms with Gasteiger partial charge in [0.05, 0.1) is 18.6 Å². The molecule has 4 heterocycles. The van der Waals surface area contributed by atoms with Gasteiger partial charge in [0.25, 0.3) is 0 Å². The van der Waals surface area contributed by atoms with Crippen LogP contribution in [0.1, 0.15) is 51.9 Å². The summed E-state index contributed by atoms with van der Waals surface area (Å²) in [7, 11) is 0. The topological polar surface area (TPSA) is 84.9 Å². The van der Waals surface area contributed by atoms with Crippen molar-refractivity contribution in [1.82, 2.24) is 5.32 Å². The second kappa shape index (κ2) is 6.84. The molecule has 0 saturated carbocycles. The van der Waals surface area contributed by atoms with Crippen molar-refractivity contribution in [1.29, 1.82) is 0 Å². The van der Waals surface area contributed by atoms with E-state index in [9.17, 15) is 14.7 Å². The Morgan fingerprint density at radius 3 is 2.90 bits per heavy atom. The molecule has 158 valence electrons. The Balaban J connectivity index is 1.66. The number of fused-ring (bicyclic) bond motifs is 3. The molecule has 4 fully saturated rings. The van der Waals surface area contributed by atoms with Crippen molar-refractivity contribution < 1.29 is 24.2 Å². The molecule has 8 atom stereocenters. The molecule has 0 aromatic carbocycles. The Hall–Kier alpha value is -1.34. The van der Waals surface area contributed by atoms with Gasteiger partial charge in [0, 0.05) is 17.8 Å². The smallest absolute Gasteiger partial charge is 0.190 e. The fourth-order valence-corrected chi connectivity index (χ4v) is 6.57. The lowest BCUT2D eigenvalue weighted by Crippen LogP contribution is -2.60. The molecule has 2 spiro atoms. The number of carbonyl (C=O) groups excluding carboxylic acids is 2. The third kappa shape index (κ3) is 2.91. The van der Waals surface area contributed by atoms with Crippen LogP contribution in [0.3, 0.4) is 0 Å². The van der Waals surface area contributed by atoms with Crippen molar-refractivity contribution in [3.05, 3.63) is 24.3 Å². The van der Waals surface area contributed by atoms with E-state index in [-0.39, 0.29) is 47.4 Å². The summed E-state index contributed by atoms with van der Waals surface area (Å²) in [6.07, 6.45) is 6.35. The van der Waals surface area contributed by atoms with E-state index in [0.29, 0.717) is 12.8 Å². The Kier molecular flexibility index (Phi) is 4.63. The second-order valence-corrected chi connectivity index (χ2v) is 9.76. The number of ether oxygens (including phenoxy) is 2. The maximum Gasteiger partial charge on any atom is 0.190 e. The van der Waals surface area contributed by atoms with Gasteiger partial charge in [-0.15, -0.1) is 0 Å². The third-order valence-electron chi connectivity index (χ3n) is 8.16. The van der Waals surface area contributed by atoms with Gasteiger partial charge in [-0.1, -0.05) is 31.2 Å². The van der Waals surface area contributed by atoms with Crippen LogP contribution in [-0.2, 0) is 19.1 Å². The van der Waals surface area contributed by atoms with Crippen molar-refractivity contribution in [2.75, 3.05) is 6.54 Å². The van der Waals surface area contributed by atoms with Crippen LogP contribution >= 0.6 is 0 Å². The minimum Gasteiger partial charge on any atom is -0.385 e. The predicted molar refractivity (Wildman–Crippen MR) is 106 cm³/mol. The van der Waals surface area contributed by atoms with Gasteiger partial charge < -0.3 is 19.9 Å². The first kappa shape index (κ1) is 19.6. The number of aliphatic hydroxyl groups is 1. The van der Waals surface area contributed by atoms with Gasteiger partial charge in [0.2, 0.25) is 0 Å². The van der Waals surface area contributed by atoms with Crippen LogP contribution in [0.5, 0.6) is 0 Å². The molecule has 5 aliphatic rings. The predicted octanol–water partition coefficient (Wildman–Crippen LogP) is 2.06. The molecule has 0 radical (unpaired) electrons. The lowest BCUT2D eigenvalue weighted by atomic mass is 9.59. The molecule has 8 unspecified atom stereocenters. The number of Topliss-reactive ketones (excluding diaryl/α,β-unsaturated/α-hetero) is 2. The molecule has 29 heavy (non-hydrogen) atoms. The SMILES string of the molecule is C=CC1=CC2C3OC4(CCC(O4)C(C)CC(O)C3=O)CC(=O)C3NCCC32CC1. The van der Waals surface area contributed by atoms with Gasteiger partial charge in [-0.05, 0) is 44.6 Å². The monoisotopic (exact) mass is 401 g/mol. The summed E-state index contributed by atoms with van der Waals surface area (Å²) in [5.74, 6) is -1.44. The zero-order valence-corrected chi connectivity index (χ0v) is 17.1. The summed E-state index contributed by atoms with van der Waals surface area (Å²) in [4.78, 5) is 26.9. The molecule has 6 heteroatoms. The fourth-order valence-electron chi connectivity index (χ4n) is 6.57. The maximum atomic E-state index is 13.5. The van der Waals surface area contributed by atoms with Crippen molar-refractivity contribution in [2.24, 2.45) is 17.3 Å². The van der Waals surface area contributed by atoms with Crippen LogP contribution in [0.25, 0.3) is 0 Å². The lowest BCUT2D eigenvalue weighted by Gasteiger charge is -2.50. The lowest BCUT2D eigenvalue weighted by molar-refractivity contribution is -0.264. The quantitative estimate of drug-likeness (QED) is 0.700. The van der Waals surface area contributed by atoms with Gasteiger partial charge >= 0.3 is 0 Å².